The van der Waals surface area contributed by atoms with Gasteiger partial charge in [0.1, 0.15) is 0 Å². The SMILES string of the molecule is Cc1ccc(N=Nc2cc(C)c(N=Nc3ccc(C)cc3C)c(C)c2)c(C)c1. The van der Waals surface area contributed by atoms with Crippen LogP contribution < -0.4 is 0 Å². The van der Waals surface area contributed by atoms with Gasteiger partial charge < -0.3 is 0 Å². The molecular formula is C24H26N4. The van der Waals surface area contributed by atoms with Crippen LogP contribution in [0.15, 0.2) is 69.0 Å². The highest BCUT2D eigenvalue weighted by Crippen LogP contribution is 2.32. The van der Waals surface area contributed by atoms with E-state index in [9.17, 15) is 0 Å². The molecule has 0 heterocycles. The summed E-state index contributed by atoms with van der Waals surface area (Å²) < 4.78 is 0. The predicted molar refractivity (Wildman–Crippen MR) is 116 cm³/mol. The van der Waals surface area contributed by atoms with Gasteiger partial charge in [0.05, 0.1) is 22.7 Å². The van der Waals surface area contributed by atoms with E-state index in [1.54, 1.807) is 0 Å². The minimum atomic E-state index is 0.820. The van der Waals surface area contributed by atoms with Gasteiger partial charge in [0.15, 0.2) is 0 Å². The zero-order chi connectivity index (χ0) is 20.3. The summed E-state index contributed by atoms with van der Waals surface area (Å²) in [5.41, 5.74) is 10.2. The van der Waals surface area contributed by atoms with E-state index in [0.717, 1.165) is 45.0 Å². The average Bonchev–Trinajstić information content (AvgIpc) is 2.62. The number of benzene rings is 3. The molecule has 0 aromatic heterocycles. The van der Waals surface area contributed by atoms with Gasteiger partial charge in [-0.3, -0.25) is 0 Å². The van der Waals surface area contributed by atoms with Crippen molar-refractivity contribution >= 4 is 22.7 Å². The molecule has 0 saturated heterocycles. The third-order valence-electron chi connectivity index (χ3n) is 4.71. The van der Waals surface area contributed by atoms with E-state index in [0.29, 0.717) is 0 Å². The van der Waals surface area contributed by atoms with E-state index >= 15 is 0 Å². The van der Waals surface area contributed by atoms with Crippen molar-refractivity contribution in [3.8, 4) is 0 Å². The topological polar surface area (TPSA) is 49.4 Å². The Bertz CT molecular complexity index is 1050. The monoisotopic (exact) mass is 370 g/mol. The Hall–Kier alpha value is -3.14. The number of nitrogens with zero attached hydrogens (tertiary/aromatic N) is 4. The fraction of sp³-hybridized carbons (Fsp3) is 0.250. The maximum Gasteiger partial charge on any atom is 0.0916 e. The van der Waals surface area contributed by atoms with Crippen molar-refractivity contribution in [1.82, 2.24) is 0 Å². The Morgan fingerprint density at radius 2 is 0.929 bits per heavy atom. The number of hydrogen-bond acceptors (Lipinski definition) is 4. The fourth-order valence-electron chi connectivity index (χ4n) is 3.20. The average molecular weight is 371 g/mol. The van der Waals surface area contributed by atoms with E-state index in [1.807, 2.05) is 51.1 Å². The second-order valence-corrected chi connectivity index (χ2v) is 7.41. The van der Waals surface area contributed by atoms with Gasteiger partial charge in [-0.25, -0.2) is 0 Å². The zero-order valence-corrected chi connectivity index (χ0v) is 17.4. The van der Waals surface area contributed by atoms with Gasteiger partial charge >= 0.3 is 0 Å². The van der Waals surface area contributed by atoms with Crippen molar-refractivity contribution in [2.75, 3.05) is 0 Å². The standard InChI is InChI=1S/C24H26N4/c1-15-7-9-22(17(3)11-15)26-25-21-13-19(5)24(20(6)14-21)28-27-23-10-8-16(2)12-18(23)4/h7-14H,1-6H3. The van der Waals surface area contributed by atoms with Crippen LogP contribution in [0.25, 0.3) is 0 Å². The van der Waals surface area contributed by atoms with Crippen molar-refractivity contribution in [3.05, 3.63) is 81.9 Å². The Morgan fingerprint density at radius 1 is 0.464 bits per heavy atom. The molecule has 0 saturated carbocycles. The molecule has 0 bridgehead atoms. The molecule has 28 heavy (non-hydrogen) atoms. The summed E-state index contributed by atoms with van der Waals surface area (Å²) in [6, 6.07) is 16.3. The largest absolute Gasteiger partial charge is 0.151 e. The molecule has 4 nitrogen and oxygen atoms in total. The summed E-state index contributed by atoms with van der Waals surface area (Å²) in [5, 5.41) is 17.8. The molecule has 0 radical (unpaired) electrons. The van der Waals surface area contributed by atoms with Crippen LogP contribution in [-0.4, -0.2) is 0 Å². The highest BCUT2D eigenvalue weighted by molar-refractivity contribution is 5.60. The first kappa shape index (κ1) is 19.6. The van der Waals surface area contributed by atoms with Crippen LogP contribution in [0, 0.1) is 41.5 Å². The molecule has 0 aliphatic heterocycles. The lowest BCUT2D eigenvalue weighted by Crippen LogP contribution is -1.81. The Balaban J connectivity index is 1.86. The van der Waals surface area contributed by atoms with Crippen LogP contribution in [0.1, 0.15) is 33.4 Å². The molecule has 142 valence electrons. The van der Waals surface area contributed by atoms with Crippen molar-refractivity contribution in [1.29, 1.82) is 0 Å². The van der Waals surface area contributed by atoms with Gasteiger partial charge in [-0.1, -0.05) is 35.4 Å². The molecule has 0 fully saturated rings. The second-order valence-electron chi connectivity index (χ2n) is 7.41. The number of hydrogen-bond donors (Lipinski definition) is 0. The number of aryl methyl sites for hydroxylation is 6. The van der Waals surface area contributed by atoms with Crippen LogP contribution in [0.2, 0.25) is 0 Å². The summed E-state index contributed by atoms with van der Waals surface area (Å²) >= 11 is 0. The summed E-state index contributed by atoms with van der Waals surface area (Å²) in [6.07, 6.45) is 0. The normalized spacial score (nSPS) is 11.6. The third-order valence-corrected chi connectivity index (χ3v) is 4.71. The molecule has 0 atom stereocenters. The maximum atomic E-state index is 4.50. The third kappa shape index (κ3) is 4.58. The number of rotatable bonds is 4. The summed E-state index contributed by atoms with van der Waals surface area (Å²) in [5.74, 6) is 0. The molecule has 3 rings (SSSR count). The molecule has 0 N–H and O–H groups in total. The molecule has 3 aromatic carbocycles. The molecule has 0 unspecified atom stereocenters. The van der Waals surface area contributed by atoms with E-state index < -0.39 is 0 Å². The first-order chi connectivity index (χ1) is 13.3. The van der Waals surface area contributed by atoms with Crippen LogP contribution in [-0.2, 0) is 0 Å². The van der Waals surface area contributed by atoms with E-state index in [1.165, 1.54) is 11.1 Å². The van der Waals surface area contributed by atoms with Crippen molar-refractivity contribution in [2.45, 2.75) is 41.5 Å². The van der Waals surface area contributed by atoms with E-state index in [2.05, 4.69) is 59.4 Å². The molecule has 0 aliphatic carbocycles. The van der Waals surface area contributed by atoms with Gasteiger partial charge in [0, 0.05) is 0 Å². The smallest absolute Gasteiger partial charge is 0.0916 e. The highest BCUT2D eigenvalue weighted by Gasteiger charge is 2.06. The molecule has 0 amide bonds. The summed E-state index contributed by atoms with van der Waals surface area (Å²) in [7, 11) is 0. The van der Waals surface area contributed by atoms with Gasteiger partial charge in [0.2, 0.25) is 0 Å². The Morgan fingerprint density at radius 3 is 1.39 bits per heavy atom. The lowest BCUT2D eigenvalue weighted by molar-refractivity contribution is 1.15. The maximum absolute atomic E-state index is 4.50. The highest BCUT2D eigenvalue weighted by atomic mass is 15.1. The zero-order valence-electron chi connectivity index (χ0n) is 17.4. The van der Waals surface area contributed by atoms with Gasteiger partial charge in [0.25, 0.3) is 0 Å². The minimum Gasteiger partial charge on any atom is -0.151 e. The second kappa shape index (κ2) is 8.26. The predicted octanol–water partition coefficient (Wildman–Crippen LogP) is 8.37. The lowest BCUT2D eigenvalue weighted by atomic mass is 10.1. The van der Waals surface area contributed by atoms with Crippen LogP contribution in [0.5, 0.6) is 0 Å². The minimum absolute atomic E-state index is 0.820. The summed E-state index contributed by atoms with van der Waals surface area (Å²) in [6.45, 7) is 12.3. The number of azo groups is 2. The van der Waals surface area contributed by atoms with E-state index in [-0.39, 0.29) is 0 Å². The van der Waals surface area contributed by atoms with Gasteiger partial charge in [-0.2, -0.15) is 15.3 Å². The van der Waals surface area contributed by atoms with Gasteiger partial charge in [-0.15, -0.1) is 5.11 Å². The van der Waals surface area contributed by atoms with Crippen LogP contribution >= 0.6 is 0 Å². The Kier molecular flexibility index (Phi) is 5.78. The fourth-order valence-corrected chi connectivity index (χ4v) is 3.20. The molecule has 0 aliphatic rings. The molecule has 3 aromatic rings. The van der Waals surface area contributed by atoms with Crippen molar-refractivity contribution < 1.29 is 0 Å². The Labute approximate surface area is 167 Å². The van der Waals surface area contributed by atoms with Crippen LogP contribution in [0.3, 0.4) is 0 Å². The summed E-state index contributed by atoms with van der Waals surface area (Å²) in [4.78, 5) is 0. The van der Waals surface area contributed by atoms with Crippen LogP contribution in [0.4, 0.5) is 22.7 Å². The van der Waals surface area contributed by atoms with Crippen molar-refractivity contribution in [2.24, 2.45) is 20.5 Å². The first-order valence-corrected chi connectivity index (χ1v) is 9.43. The van der Waals surface area contributed by atoms with Crippen molar-refractivity contribution in [3.63, 3.8) is 0 Å². The molecular weight excluding hydrogens is 344 g/mol. The van der Waals surface area contributed by atoms with Gasteiger partial charge in [-0.05, 0) is 88.1 Å². The first-order valence-electron chi connectivity index (χ1n) is 9.43. The molecule has 0 spiro atoms. The van der Waals surface area contributed by atoms with E-state index in [4.69, 9.17) is 0 Å². The lowest BCUT2D eigenvalue weighted by Gasteiger charge is -2.06. The molecule has 4 heteroatoms. The quantitative estimate of drug-likeness (QED) is 0.414.